The van der Waals surface area contributed by atoms with E-state index >= 15 is 0 Å². The Morgan fingerprint density at radius 2 is 1.33 bits per heavy atom. The minimum Gasteiger partial charge on any atom is -0.481 e. The van der Waals surface area contributed by atoms with Gasteiger partial charge in [-0.3, -0.25) is 4.79 Å². The van der Waals surface area contributed by atoms with Crippen LogP contribution in [0, 0.1) is 0 Å². The van der Waals surface area contributed by atoms with Crippen LogP contribution in [0.2, 0.25) is 0 Å². The number of hydrogen-bond acceptors (Lipinski definition) is 4. The molecule has 0 atom stereocenters. The van der Waals surface area contributed by atoms with E-state index in [1.807, 2.05) is 0 Å². The fraction of sp³-hybridized carbons (Fsp3) is 0.833. The van der Waals surface area contributed by atoms with E-state index in [0.29, 0.717) is 0 Å². The molecule has 15 heteroatoms. The molecule has 21 heavy (non-hydrogen) atoms. The summed E-state index contributed by atoms with van der Waals surface area (Å²) in [7, 11) is -7.50. The molecule has 0 aromatic rings. The number of halogens is 9. The molecule has 0 bridgehead atoms. The van der Waals surface area contributed by atoms with Crippen LogP contribution >= 0.6 is 0 Å². The third kappa shape index (κ3) is 3.90. The predicted molar refractivity (Wildman–Crippen MR) is 43.2 cm³/mol. The van der Waals surface area contributed by atoms with Gasteiger partial charge in [0.1, 0.15) is 6.42 Å². The van der Waals surface area contributed by atoms with E-state index in [4.69, 9.17) is 5.11 Å². The number of aliphatic carboxylic acids is 1. The molecule has 0 rings (SSSR count). The Hall–Kier alpha value is -1.25. The molecular weight excluding hydrogens is 355 g/mol. The van der Waals surface area contributed by atoms with Gasteiger partial charge in [-0.15, -0.1) is 0 Å². The Balaban J connectivity index is 5.58. The smallest absolute Gasteiger partial charge is 0.464 e. The van der Waals surface area contributed by atoms with Crippen molar-refractivity contribution >= 4 is 16.2 Å². The van der Waals surface area contributed by atoms with Gasteiger partial charge in [0.15, 0.2) is 0 Å². The first-order valence-corrected chi connectivity index (χ1v) is 5.63. The average Bonchev–Trinajstić information content (AvgIpc) is 2.10. The Kier molecular flexibility index (Phi) is 4.88. The van der Waals surface area contributed by atoms with E-state index in [0.717, 1.165) is 0 Å². The van der Waals surface area contributed by atoms with Crippen molar-refractivity contribution in [3.05, 3.63) is 0 Å². The summed E-state index contributed by atoms with van der Waals surface area (Å²) in [4.78, 5) is 9.82. The lowest BCUT2D eigenvalue weighted by Gasteiger charge is -2.30. The van der Waals surface area contributed by atoms with Gasteiger partial charge >= 0.3 is 39.6 Å². The largest absolute Gasteiger partial charge is 0.481 e. The Morgan fingerprint density at radius 3 is 1.62 bits per heavy atom. The molecule has 0 amide bonds. The number of rotatable bonds is 7. The molecule has 0 heterocycles. The summed E-state index contributed by atoms with van der Waals surface area (Å²) in [5, 5.41) is 0.926. The van der Waals surface area contributed by atoms with E-state index < -0.39 is 46.0 Å². The van der Waals surface area contributed by atoms with Crippen molar-refractivity contribution in [3.63, 3.8) is 0 Å². The fourth-order valence-electron chi connectivity index (χ4n) is 0.730. The van der Waals surface area contributed by atoms with Crippen LogP contribution in [0.3, 0.4) is 0 Å². The topological polar surface area (TPSA) is 80.7 Å². The molecule has 0 aliphatic heterocycles. The van der Waals surface area contributed by atoms with Gasteiger partial charge in [0, 0.05) is 0 Å². The van der Waals surface area contributed by atoms with Crippen molar-refractivity contribution in [1.82, 2.24) is 0 Å². The maximum atomic E-state index is 12.6. The normalized spacial score (nSPS) is 15.1. The number of hydrogen-bond donors (Lipinski definition) is 1. The summed E-state index contributed by atoms with van der Waals surface area (Å²) in [6.07, 6.45) is -16.3. The van der Waals surface area contributed by atoms with Gasteiger partial charge in [-0.2, -0.15) is 43.5 Å². The summed E-state index contributed by atoms with van der Waals surface area (Å²) >= 11 is 0. The zero-order chi connectivity index (χ0) is 17.5. The molecule has 0 aromatic heterocycles. The monoisotopic (exact) mass is 358 g/mol. The lowest BCUT2D eigenvalue weighted by molar-refractivity contribution is -0.455. The Morgan fingerprint density at radius 1 is 0.952 bits per heavy atom. The van der Waals surface area contributed by atoms with E-state index in [9.17, 15) is 52.2 Å². The first-order valence-electron chi connectivity index (χ1n) is 4.25. The van der Waals surface area contributed by atoms with Crippen LogP contribution in [0.15, 0.2) is 0 Å². The van der Waals surface area contributed by atoms with E-state index in [2.05, 4.69) is 0 Å². The van der Waals surface area contributed by atoms with Gasteiger partial charge < -0.3 is 5.11 Å². The molecule has 0 saturated carbocycles. The minimum atomic E-state index is -7.50. The highest BCUT2D eigenvalue weighted by Gasteiger charge is 2.74. The Bertz CT molecular complexity index is 513. The molecule has 126 valence electrons. The summed E-state index contributed by atoms with van der Waals surface area (Å²) in [5.41, 5.74) is 0. The van der Waals surface area contributed by atoms with Crippen LogP contribution in [0.25, 0.3) is 0 Å². The van der Waals surface area contributed by atoms with Crippen molar-refractivity contribution in [2.75, 3.05) is 0 Å². The number of alkyl halides is 8. The Labute approximate surface area is 109 Å². The predicted octanol–water partition coefficient (Wildman–Crippen LogP) is 2.19. The quantitative estimate of drug-likeness (QED) is 0.557. The summed E-state index contributed by atoms with van der Waals surface area (Å²) in [6.45, 7) is 0. The first kappa shape index (κ1) is 19.8. The molecule has 0 radical (unpaired) electrons. The molecule has 1 N–H and O–H groups in total. The second-order valence-corrected chi connectivity index (χ2v) is 4.75. The van der Waals surface area contributed by atoms with Crippen molar-refractivity contribution in [2.24, 2.45) is 0 Å². The highest BCUT2D eigenvalue weighted by Crippen LogP contribution is 2.48. The third-order valence-electron chi connectivity index (χ3n) is 1.70. The van der Waals surface area contributed by atoms with E-state index in [1.165, 1.54) is 0 Å². The fourth-order valence-corrected chi connectivity index (χ4v) is 1.06. The van der Waals surface area contributed by atoms with Crippen molar-refractivity contribution < 1.29 is 62.1 Å². The standard InChI is InChI=1S/C6H3F9O5S/c7-3(8,1-2(16)17)4(9,10)20-5(11,12)6(13,14)21(15,18)19/h1H2,(H,16,17). The average molecular weight is 358 g/mol. The van der Waals surface area contributed by atoms with Crippen LogP contribution < -0.4 is 0 Å². The van der Waals surface area contributed by atoms with Crippen LogP contribution in [0.5, 0.6) is 0 Å². The van der Waals surface area contributed by atoms with Gasteiger partial charge in [0.2, 0.25) is 0 Å². The number of carboxylic acids is 1. The lowest BCUT2D eigenvalue weighted by Crippen LogP contribution is -2.55. The van der Waals surface area contributed by atoms with Crippen molar-refractivity contribution in [2.45, 2.75) is 29.8 Å². The zero-order valence-corrected chi connectivity index (χ0v) is 9.91. The molecule has 0 saturated heterocycles. The minimum absolute atomic E-state index is 1.73. The number of ether oxygens (including phenoxy) is 1. The number of carboxylic acid groups (broad SMARTS) is 1. The molecular formula is C6H3F9O5S. The highest BCUT2D eigenvalue weighted by atomic mass is 32.3. The molecule has 0 aromatic carbocycles. The van der Waals surface area contributed by atoms with Crippen LogP contribution in [0.1, 0.15) is 6.42 Å². The molecule has 0 unspecified atom stereocenters. The van der Waals surface area contributed by atoms with Gasteiger partial charge in [-0.1, -0.05) is 3.89 Å². The van der Waals surface area contributed by atoms with Gasteiger partial charge in [0.25, 0.3) is 0 Å². The van der Waals surface area contributed by atoms with Gasteiger partial charge in [-0.05, 0) is 0 Å². The summed E-state index contributed by atoms with van der Waals surface area (Å²) in [6, 6.07) is 0. The maximum Gasteiger partial charge on any atom is 0.464 e. The molecule has 5 nitrogen and oxygen atoms in total. The second kappa shape index (κ2) is 5.19. The van der Waals surface area contributed by atoms with Gasteiger partial charge in [-0.25, -0.2) is 4.74 Å². The maximum absolute atomic E-state index is 12.6. The van der Waals surface area contributed by atoms with Gasteiger partial charge in [0.05, 0.1) is 0 Å². The van der Waals surface area contributed by atoms with Crippen LogP contribution in [-0.2, 0) is 19.8 Å². The second-order valence-electron chi connectivity index (χ2n) is 3.37. The molecule has 0 spiro atoms. The van der Waals surface area contributed by atoms with Crippen molar-refractivity contribution in [1.29, 1.82) is 0 Å². The van der Waals surface area contributed by atoms with Crippen LogP contribution in [-0.4, -0.2) is 42.9 Å². The first-order chi connectivity index (χ1) is 8.87. The lowest BCUT2D eigenvalue weighted by atomic mass is 10.2. The SMILES string of the molecule is O=C(O)CC(F)(F)C(F)(F)OC(F)(F)C(F)(F)S(=O)(=O)F. The molecule has 0 aliphatic carbocycles. The van der Waals surface area contributed by atoms with E-state index in [1.54, 1.807) is 4.74 Å². The zero-order valence-electron chi connectivity index (χ0n) is 9.10. The van der Waals surface area contributed by atoms with Crippen molar-refractivity contribution in [3.8, 4) is 0 Å². The van der Waals surface area contributed by atoms with E-state index in [-0.39, 0.29) is 0 Å². The molecule has 0 fully saturated rings. The van der Waals surface area contributed by atoms with Crippen LogP contribution in [0.4, 0.5) is 39.0 Å². The summed E-state index contributed by atoms with van der Waals surface area (Å²) in [5.74, 6) is -8.56. The molecule has 0 aliphatic rings. The highest BCUT2D eigenvalue weighted by molar-refractivity contribution is 7.87. The number of carbonyl (C=O) groups is 1. The summed E-state index contributed by atoms with van der Waals surface area (Å²) < 4.78 is 133. The third-order valence-corrected chi connectivity index (χ3v) is 2.55.